The topological polar surface area (TPSA) is 112 Å². The number of rotatable bonds is 6. The third-order valence-corrected chi connectivity index (χ3v) is 7.00. The largest absolute Gasteiger partial charge is 0.497 e. The molecule has 1 amide bonds. The molecule has 8 heteroatoms. The molecule has 1 atom stereocenters. The number of benzene rings is 3. The van der Waals surface area contributed by atoms with Gasteiger partial charge in [-0.3, -0.25) is 9.79 Å². The Bertz CT molecular complexity index is 1550. The van der Waals surface area contributed by atoms with Gasteiger partial charge in [-0.1, -0.05) is 24.3 Å². The maximum Gasteiger partial charge on any atom is 0.251 e. The number of nitrogen functional groups attached to an aromatic ring is 1. The highest BCUT2D eigenvalue weighted by Gasteiger charge is 2.28. The molecule has 3 N–H and O–H groups in total. The summed E-state index contributed by atoms with van der Waals surface area (Å²) in [6.07, 6.45) is 3.22. The Morgan fingerprint density at radius 2 is 1.95 bits per heavy atom. The summed E-state index contributed by atoms with van der Waals surface area (Å²) in [5.74, 6) is 1.89. The van der Waals surface area contributed by atoms with Crippen LogP contribution in [-0.4, -0.2) is 35.3 Å². The molecule has 2 aliphatic heterocycles. The molecule has 2 aliphatic rings. The van der Waals surface area contributed by atoms with Gasteiger partial charge in [-0.2, -0.15) is 0 Å². The van der Waals surface area contributed by atoms with Crippen LogP contribution in [0.2, 0.25) is 0 Å². The minimum Gasteiger partial charge on any atom is -0.497 e. The zero-order valence-electron chi connectivity index (χ0n) is 21.0. The van der Waals surface area contributed by atoms with E-state index in [4.69, 9.17) is 20.2 Å². The lowest BCUT2D eigenvalue weighted by Crippen LogP contribution is -2.29. The minimum absolute atomic E-state index is 0.116. The predicted octanol–water partition coefficient (Wildman–Crippen LogP) is 4.54. The van der Waals surface area contributed by atoms with Crippen LogP contribution in [0.15, 0.2) is 77.9 Å². The van der Waals surface area contributed by atoms with Gasteiger partial charge in [0.25, 0.3) is 5.91 Å². The second-order valence-electron chi connectivity index (χ2n) is 9.49. The third kappa shape index (κ3) is 4.80. The molecular weight excluding hydrogens is 478 g/mol. The van der Waals surface area contributed by atoms with Gasteiger partial charge in [-0.15, -0.1) is 0 Å². The van der Waals surface area contributed by atoms with E-state index in [1.54, 1.807) is 13.3 Å². The zero-order valence-corrected chi connectivity index (χ0v) is 21.0. The molecule has 1 unspecified atom stereocenters. The maximum absolute atomic E-state index is 12.9. The summed E-state index contributed by atoms with van der Waals surface area (Å²) in [7, 11) is 1.63. The average Bonchev–Trinajstić information content (AvgIpc) is 3.39. The Balaban J connectivity index is 1.14. The van der Waals surface area contributed by atoms with Crippen LogP contribution in [-0.2, 0) is 19.4 Å². The first-order valence-electron chi connectivity index (χ1n) is 12.5. The van der Waals surface area contributed by atoms with E-state index >= 15 is 0 Å². The van der Waals surface area contributed by atoms with Crippen LogP contribution in [0.25, 0.3) is 11.3 Å². The molecule has 4 aromatic rings. The van der Waals surface area contributed by atoms with Gasteiger partial charge in [0, 0.05) is 41.9 Å². The van der Waals surface area contributed by atoms with Crippen molar-refractivity contribution in [3.63, 3.8) is 0 Å². The zero-order chi connectivity index (χ0) is 26.1. The molecular formula is C30H27N5O3. The van der Waals surface area contributed by atoms with Crippen molar-refractivity contribution in [2.45, 2.75) is 19.4 Å². The van der Waals surface area contributed by atoms with Gasteiger partial charge >= 0.3 is 0 Å². The Hall–Kier alpha value is -4.72. The number of hydrogen-bond donors (Lipinski definition) is 2. The molecule has 38 heavy (non-hydrogen) atoms. The van der Waals surface area contributed by atoms with Gasteiger partial charge in [0.1, 0.15) is 11.5 Å². The van der Waals surface area contributed by atoms with E-state index in [2.05, 4.69) is 21.4 Å². The maximum atomic E-state index is 12.9. The second-order valence-corrected chi connectivity index (χ2v) is 9.49. The molecule has 6 rings (SSSR count). The molecule has 0 spiro atoms. The van der Waals surface area contributed by atoms with Crippen molar-refractivity contribution in [2.75, 3.05) is 19.5 Å². The van der Waals surface area contributed by atoms with Crippen molar-refractivity contribution in [3.8, 4) is 22.8 Å². The smallest absolute Gasteiger partial charge is 0.251 e. The van der Waals surface area contributed by atoms with Crippen molar-refractivity contribution in [3.05, 3.63) is 95.2 Å². The lowest BCUT2D eigenvalue weighted by molar-refractivity contribution is 0.0950. The van der Waals surface area contributed by atoms with Gasteiger partial charge in [0.05, 0.1) is 25.1 Å². The molecule has 190 valence electrons. The molecule has 0 saturated carbocycles. The van der Waals surface area contributed by atoms with Gasteiger partial charge in [0.2, 0.25) is 5.95 Å². The Morgan fingerprint density at radius 3 is 2.76 bits per heavy atom. The number of nitrogens with zero attached hydrogens (tertiary/aromatic N) is 3. The van der Waals surface area contributed by atoms with Crippen molar-refractivity contribution in [1.82, 2.24) is 15.3 Å². The Morgan fingerprint density at radius 1 is 1.08 bits per heavy atom. The van der Waals surface area contributed by atoms with Crippen molar-refractivity contribution in [1.29, 1.82) is 0 Å². The second kappa shape index (κ2) is 9.97. The number of carbonyl (C=O) groups excluding carboxylic acids is 1. The fourth-order valence-electron chi connectivity index (χ4n) is 4.91. The quantitative estimate of drug-likeness (QED) is 0.398. The number of amides is 1. The number of nitrogens with two attached hydrogens (primary N) is 1. The number of carbonyl (C=O) groups is 1. The van der Waals surface area contributed by atoms with Gasteiger partial charge in [0.15, 0.2) is 0 Å². The van der Waals surface area contributed by atoms with Gasteiger partial charge < -0.3 is 20.5 Å². The number of fused-ring (bicyclic) bond motifs is 2. The Labute approximate surface area is 220 Å². The van der Waals surface area contributed by atoms with E-state index in [9.17, 15) is 4.79 Å². The molecule has 1 aromatic heterocycles. The van der Waals surface area contributed by atoms with E-state index in [0.717, 1.165) is 58.1 Å². The normalized spacial score (nSPS) is 15.6. The standard InChI is InChI=1S/C30H27N5O3/c1-37-24-7-2-18(3-8-24)16-33-29(36)21-6-9-28-22(12-21)13-23(17-38-28)27-15-20-5-4-19(14-26(20)34-27)25-10-11-32-30(31)35-25/h2-12,14,23H,13,15-17H2,1H3,(H,33,36)(H2,31,32,35). The fraction of sp³-hybridized carbons (Fsp3) is 0.200. The molecule has 0 saturated heterocycles. The molecule has 3 heterocycles. The van der Waals surface area contributed by atoms with Crippen LogP contribution in [0.4, 0.5) is 11.6 Å². The first kappa shape index (κ1) is 23.7. The van der Waals surface area contributed by atoms with Crippen LogP contribution >= 0.6 is 0 Å². The SMILES string of the molecule is COc1ccc(CNC(=O)c2ccc3c(c2)CC(C2=Nc4cc(-c5ccnc(N)n5)ccc4C2)CO3)cc1. The number of anilines is 1. The molecule has 0 radical (unpaired) electrons. The number of nitrogens with one attached hydrogen (secondary N) is 1. The average molecular weight is 506 g/mol. The Kier molecular flexibility index (Phi) is 6.21. The van der Waals surface area contributed by atoms with E-state index < -0.39 is 0 Å². The van der Waals surface area contributed by atoms with E-state index in [-0.39, 0.29) is 17.8 Å². The molecule has 0 fully saturated rings. The first-order valence-corrected chi connectivity index (χ1v) is 12.5. The highest BCUT2D eigenvalue weighted by molar-refractivity contribution is 5.97. The summed E-state index contributed by atoms with van der Waals surface area (Å²) >= 11 is 0. The third-order valence-electron chi connectivity index (χ3n) is 7.00. The summed E-state index contributed by atoms with van der Waals surface area (Å²) in [5, 5.41) is 3.00. The van der Waals surface area contributed by atoms with Crippen LogP contribution < -0.4 is 20.5 Å². The first-order chi connectivity index (χ1) is 18.6. The summed E-state index contributed by atoms with van der Waals surface area (Å²) < 4.78 is 11.3. The minimum atomic E-state index is -0.116. The van der Waals surface area contributed by atoms with Crippen LogP contribution in [0, 0.1) is 5.92 Å². The number of ether oxygens (including phenoxy) is 2. The number of methoxy groups -OCH3 is 1. The monoisotopic (exact) mass is 505 g/mol. The molecule has 0 bridgehead atoms. The van der Waals surface area contributed by atoms with Crippen LogP contribution in [0.3, 0.4) is 0 Å². The van der Waals surface area contributed by atoms with Gasteiger partial charge in [-0.25, -0.2) is 9.97 Å². The van der Waals surface area contributed by atoms with Crippen LogP contribution in [0.1, 0.15) is 27.0 Å². The number of hydrogen-bond acceptors (Lipinski definition) is 7. The highest BCUT2D eigenvalue weighted by Crippen LogP contribution is 2.36. The van der Waals surface area contributed by atoms with Gasteiger partial charge in [-0.05, 0) is 65.6 Å². The lowest BCUT2D eigenvalue weighted by Gasteiger charge is -2.26. The number of aromatic nitrogens is 2. The molecule has 0 aliphatic carbocycles. The highest BCUT2D eigenvalue weighted by atomic mass is 16.5. The van der Waals surface area contributed by atoms with Crippen molar-refractivity contribution >= 4 is 23.3 Å². The van der Waals surface area contributed by atoms with E-state index in [0.29, 0.717) is 18.7 Å². The summed E-state index contributed by atoms with van der Waals surface area (Å²) in [6.45, 7) is 1.01. The van der Waals surface area contributed by atoms with Crippen molar-refractivity contribution < 1.29 is 14.3 Å². The predicted molar refractivity (Wildman–Crippen MR) is 146 cm³/mol. The van der Waals surface area contributed by atoms with Crippen molar-refractivity contribution in [2.24, 2.45) is 10.9 Å². The lowest BCUT2D eigenvalue weighted by atomic mass is 9.89. The summed E-state index contributed by atoms with van der Waals surface area (Å²) in [6, 6.07) is 21.3. The number of aliphatic imine (C=N–C) groups is 1. The summed E-state index contributed by atoms with van der Waals surface area (Å²) in [4.78, 5) is 26.1. The van der Waals surface area contributed by atoms with E-state index in [1.807, 2.05) is 60.7 Å². The molecule has 8 nitrogen and oxygen atoms in total. The van der Waals surface area contributed by atoms with E-state index in [1.165, 1.54) is 5.56 Å². The molecule has 3 aromatic carbocycles. The summed E-state index contributed by atoms with van der Waals surface area (Å²) in [5.41, 5.74) is 13.4. The fourth-order valence-corrected chi connectivity index (χ4v) is 4.91. The van der Waals surface area contributed by atoms with Crippen LogP contribution in [0.5, 0.6) is 11.5 Å².